The van der Waals surface area contributed by atoms with Crippen molar-refractivity contribution in [2.75, 3.05) is 16.8 Å². The van der Waals surface area contributed by atoms with Crippen LogP contribution < -0.4 is 10.2 Å². The third kappa shape index (κ3) is 3.12. The molecule has 0 aliphatic carbocycles. The van der Waals surface area contributed by atoms with Crippen molar-refractivity contribution in [3.05, 3.63) is 53.6 Å². The molecule has 0 unspecified atom stereocenters. The van der Waals surface area contributed by atoms with Crippen molar-refractivity contribution in [2.24, 2.45) is 0 Å². The molecule has 0 saturated carbocycles. The van der Waals surface area contributed by atoms with Crippen LogP contribution >= 0.6 is 11.8 Å². The van der Waals surface area contributed by atoms with Gasteiger partial charge in [-0.05, 0) is 49.2 Å². The lowest BCUT2D eigenvalue weighted by atomic mass is 10.1. The Kier molecular flexibility index (Phi) is 4.12. The number of urea groups is 1. The molecular formula is C18H20N2OS. The van der Waals surface area contributed by atoms with Gasteiger partial charge in [-0.15, -0.1) is 11.8 Å². The van der Waals surface area contributed by atoms with Gasteiger partial charge in [-0.3, -0.25) is 4.90 Å². The topological polar surface area (TPSA) is 32.3 Å². The maximum absolute atomic E-state index is 12.7. The number of carbonyl (C=O) groups is 1. The molecule has 0 aromatic heterocycles. The lowest BCUT2D eigenvalue weighted by Gasteiger charge is -2.32. The van der Waals surface area contributed by atoms with Crippen LogP contribution in [0.3, 0.4) is 0 Å². The van der Waals surface area contributed by atoms with Crippen molar-refractivity contribution >= 4 is 29.2 Å². The minimum Gasteiger partial charge on any atom is -0.308 e. The fourth-order valence-corrected chi connectivity index (χ4v) is 3.93. The number of aryl methyl sites for hydroxylation is 2. The number of para-hydroxylation sites is 1. The molecule has 2 amide bonds. The Morgan fingerprint density at radius 2 is 1.86 bits per heavy atom. The molecule has 2 aromatic rings. The van der Waals surface area contributed by atoms with Gasteiger partial charge in [0, 0.05) is 22.4 Å². The molecule has 1 aliphatic rings. The zero-order valence-electron chi connectivity index (χ0n) is 13.1. The molecule has 0 saturated heterocycles. The summed E-state index contributed by atoms with van der Waals surface area (Å²) in [5.41, 5.74) is 4.15. The summed E-state index contributed by atoms with van der Waals surface area (Å²) in [6.45, 7) is 6.95. The number of carbonyl (C=O) groups excluding carboxylic acids is 1. The van der Waals surface area contributed by atoms with E-state index in [1.165, 1.54) is 0 Å². The number of thioether (sulfide) groups is 1. The van der Waals surface area contributed by atoms with E-state index in [0.29, 0.717) is 5.25 Å². The number of rotatable bonds is 1. The fourth-order valence-electron chi connectivity index (χ4n) is 2.82. The van der Waals surface area contributed by atoms with Crippen LogP contribution in [0.2, 0.25) is 0 Å². The van der Waals surface area contributed by atoms with Gasteiger partial charge in [0.05, 0.1) is 5.69 Å². The fraction of sp³-hybridized carbons (Fsp3) is 0.278. The summed E-state index contributed by atoms with van der Waals surface area (Å²) in [5.74, 6) is 0. The quantitative estimate of drug-likeness (QED) is 0.817. The highest BCUT2D eigenvalue weighted by atomic mass is 32.2. The van der Waals surface area contributed by atoms with Crippen LogP contribution in [0.1, 0.15) is 18.1 Å². The van der Waals surface area contributed by atoms with Gasteiger partial charge in [-0.2, -0.15) is 0 Å². The number of amides is 2. The molecule has 0 radical (unpaired) electrons. The second-order valence-electron chi connectivity index (χ2n) is 5.81. The Morgan fingerprint density at radius 1 is 1.18 bits per heavy atom. The number of hydrogen-bond donors (Lipinski definition) is 1. The first kappa shape index (κ1) is 15.0. The van der Waals surface area contributed by atoms with Gasteiger partial charge in [-0.1, -0.05) is 25.1 Å². The van der Waals surface area contributed by atoms with Gasteiger partial charge in [0.25, 0.3) is 0 Å². The van der Waals surface area contributed by atoms with Crippen molar-refractivity contribution < 1.29 is 4.79 Å². The van der Waals surface area contributed by atoms with Crippen molar-refractivity contribution in [3.8, 4) is 0 Å². The smallest absolute Gasteiger partial charge is 0.308 e. The first-order valence-electron chi connectivity index (χ1n) is 7.45. The van der Waals surface area contributed by atoms with Crippen LogP contribution in [0.4, 0.5) is 16.2 Å². The van der Waals surface area contributed by atoms with Gasteiger partial charge in [0.2, 0.25) is 0 Å². The summed E-state index contributed by atoms with van der Waals surface area (Å²) >= 11 is 1.82. The molecule has 22 heavy (non-hydrogen) atoms. The van der Waals surface area contributed by atoms with E-state index in [9.17, 15) is 4.79 Å². The van der Waals surface area contributed by atoms with Gasteiger partial charge >= 0.3 is 6.03 Å². The van der Waals surface area contributed by atoms with E-state index < -0.39 is 0 Å². The second kappa shape index (κ2) is 6.05. The largest absolute Gasteiger partial charge is 0.326 e. The van der Waals surface area contributed by atoms with E-state index in [0.717, 1.165) is 33.9 Å². The summed E-state index contributed by atoms with van der Waals surface area (Å²) in [6, 6.07) is 14.1. The highest BCUT2D eigenvalue weighted by Crippen LogP contribution is 2.38. The summed E-state index contributed by atoms with van der Waals surface area (Å²) in [7, 11) is 0. The van der Waals surface area contributed by atoms with Crippen molar-refractivity contribution in [1.82, 2.24) is 0 Å². The number of anilines is 2. The second-order valence-corrected chi connectivity index (χ2v) is 7.29. The minimum absolute atomic E-state index is 0.0652. The predicted molar refractivity (Wildman–Crippen MR) is 94.0 cm³/mol. The normalized spacial score (nSPS) is 17.0. The van der Waals surface area contributed by atoms with Crippen molar-refractivity contribution in [1.29, 1.82) is 0 Å². The highest BCUT2D eigenvalue weighted by Gasteiger charge is 2.26. The molecule has 4 heteroatoms. The molecule has 0 fully saturated rings. The Morgan fingerprint density at radius 3 is 2.59 bits per heavy atom. The molecule has 0 spiro atoms. The lowest BCUT2D eigenvalue weighted by molar-refractivity contribution is 0.256. The van der Waals surface area contributed by atoms with Crippen molar-refractivity contribution in [3.63, 3.8) is 0 Å². The summed E-state index contributed by atoms with van der Waals surface area (Å²) in [6.07, 6.45) is 0. The zero-order valence-corrected chi connectivity index (χ0v) is 13.9. The molecule has 3 nitrogen and oxygen atoms in total. The van der Waals surface area contributed by atoms with Crippen molar-refractivity contribution in [2.45, 2.75) is 30.9 Å². The predicted octanol–water partition coefficient (Wildman–Crippen LogP) is 4.84. The molecule has 3 rings (SSSR count). The van der Waals surface area contributed by atoms with E-state index in [1.807, 2.05) is 60.8 Å². The first-order chi connectivity index (χ1) is 10.5. The summed E-state index contributed by atoms with van der Waals surface area (Å²) < 4.78 is 0. The molecule has 114 valence electrons. The van der Waals surface area contributed by atoms with E-state index >= 15 is 0 Å². The van der Waals surface area contributed by atoms with E-state index in [-0.39, 0.29) is 6.03 Å². The molecule has 2 aromatic carbocycles. The Hall–Kier alpha value is -1.94. The van der Waals surface area contributed by atoms with Gasteiger partial charge in [0.15, 0.2) is 0 Å². The number of benzene rings is 2. The van der Waals surface area contributed by atoms with Crippen LogP contribution in [0.15, 0.2) is 47.4 Å². The third-order valence-corrected chi connectivity index (χ3v) is 4.79. The number of fused-ring (bicyclic) bond motifs is 1. The van der Waals surface area contributed by atoms with Gasteiger partial charge in [0.1, 0.15) is 0 Å². The van der Waals surface area contributed by atoms with Crippen LogP contribution in [0.25, 0.3) is 0 Å². The number of nitrogens with zero attached hydrogens (tertiary/aromatic N) is 1. The van der Waals surface area contributed by atoms with Gasteiger partial charge < -0.3 is 5.32 Å². The first-order valence-corrected chi connectivity index (χ1v) is 8.33. The number of nitrogens with one attached hydrogen (secondary N) is 1. The molecular weight excluding hydrogens is 292 g/mol. The van der Waals surface area contributed by atoms with E-state index in [2.05, 4.69) is 24.4 Å². The summed E-state index contributed by atoms with van der Waals surface area (Å²) in [4.78, 5) is 15.7. The zero-order chi connectivity index (χ0) is 15.7. The Labute approximate surface area is 135 Å². The maximum Gasteiger partial charge on any atom is 0.326 e. The molecule has 0 bridgehead atoms. The lowest BCUT2D eigenvalue weighted by Crippen LogP contribution is -2.41. The molecule has 1 atom stereocenters. The molecule has 1 N–H and O–H groups in total. The molecule has 1 heterocycles. The van der Waals surface area contributed by atoms with Crippen LogP contribution in [0, 0.1) is 13.8 Å². The third-order valence-electron chi connectivity index (χ3n) is 3.64. The maximum atomic E-state index is 12.7. The minimum atomic E-state index is -0.0652. The monoisotopic (exact) mass is 312 g/mol. The van der Waals surface area contributed by atoms with Crippen LogP contribution in [-0.2, 0) is 0 Å². The Bertz CT molecular complexity index is 694. The van der Waals surface area contributed by atoms with E-state index in [1.54, 1.807) is 0 Å². The molecule has 1 aliphatic heterocycles. The standard InChI is InChI=1S/C18H20N2OS/c1-12-8-13(2)10-15(9-12)19-18(21)20-11-14(3)22-17-7-5-4-6-16(17)20/h4-10,14H,11H2,1-3H3,(H,19,21)/t14-/m0/s1. The van der Waals surface area contributed by atoms with Gasteiger partial charge in [-0.25, -0.2) is 4.79 Å². The van der Waals surface area contributed by atoms with Crippen LogP contribution in [0.5, 0.6) is 0 Å². The highest BCUT2D eigenvalue weighted by molar-refractivity contribution is 8.00. The summed E-state index contributed by atoms with van der Waals surface area (Å²) in [5, 5.41) is 3.42. The average molecular weight is 312 g/mol. The number of hydrogen-bond acceptors (Lipinski definition) is 2. The SMILES string of the molecule is Cc1cc(C)cc(NC(=O)N2C[C@H](C)Sc3ccccc32)c1. The average Bonchev–Trinajstić information content (AvgIpc) is 2.45. The van der Waals surface area contributed by atoms with E-state index in [4.69, 9.17) is 0 Å². The van der Waals surface area contributed by atoms with Crippen LogP contribution in [-0.4, -0.2) is 17.8 Å². The Balaban J connectivity index is 1.86.